The zero-order valence-corrected chi connectivity index (χ0v) is 14.6. The second-order valence-electron chi connectivity index (χ2n) is 5.04. The Hall–Kier alpha value is -0.990. The van der Waals surface area contributed by atoms with Crippen molar-refractivity contribution < 1.29 is 18.3 Å². The van der Waals surface area contributed by atoms with Gasteiger partial charge in [0.25, 0.3) is 0 Å². The van der Waals surface area contributed by atoms with Gasteiger partial charge in [0.2, 0.25) is 10.0 Å². The quantitative estimate of drug-likeness (QED) is 0.797. The number of carboxylic acid groups (broad SMARTS) is 1. The Kier molecular flexibility index (Phi) is 5.89. The highest BCUT2D eigenvalue weighted by atomic mass is 32.2. The lowest BCUT2D eigenvalue weighted by Crippen LogP contribution is -2.36. The molecule has 2 N–H and O–H groups in total. The Balaban J connectivity index is 3.22. The van der Waals surface area contributed by atoms with Gasteiger partial charge in [0.1, 0.15) is 10.6 Å². The van der Waals surface area contributed by atoms with E-state index in [9.17, 15) is 13.2 Å². The van der Waals surface area contributed by atoms with Gasteiger partial charge in [0, 0.05) is 24.3 Å². The average molecular weight is 334 g/mol. The molecule has 0 amide bonds. The number of hydrogen-bond donors (Lipinski definition) is 2. The van der Waals surface area contributed by atoms with Crippen LogP contribution in [0.2, 0.25) is 0 Å². The molecule has 0 aromatic carbocycles. The van der Waals surface area contributed by atoms with Gasteiger partial charge in [-0.15, -0.1) is 0 Å². The Morgan fingerprint density at radius 3 is 2.43 bits per heavy atom. The predicted octanol–water partition coefficient (Wildman–Crippen LogP) is 2.09. The maximum Gasteiger partial charge on any atom is 0.352 e. The summed E-state index contributed by atoms with van der Waals surface area (Å²) < 4.78 is 26.8. The number of aromatic carboxylic acids is 1. The van der Waals surface area contributed by atoms with Crippen LogP contribution in [-0.4, -0.2) is 53.9 Å². The van der Waals surface area contributed by atoms with Crippen LogP contribution in [0.5, 0.6) is 0 Å². The van der Waals surface area contributed by atoms with E-state index in [2.05, 4.69) is 4.98 Å². The molecule has 0 aliphatic heterocycles. The van der Waals surface area contributed by atoms with Gasteiger partial charge in [-0.1, -0.05) is 0 Å². The maximum absolute atomic E-state index is 12.7. The van der Waals surface area contributed by atoms with Gasteiger partial charge < -0.3 is 10.1 Å². The largest absolute Gasteiger partial charge is 0.477 e. The summed E-state index contributed by atoms with van der Waals surface area (Å²) in [5, 5.41) is 9.09. The average Bonchev–Trinajstić information content (AvgIpc) is 2.70. The first-order valence-electron chi connectivity index (χ1n) is 6.54. The Labute approximate surface area is 130 Å². The number of hydrogen-bond acceptors (Lipinski definition) is 4. The molecule has 21 heavy (non-hydrogen) atoms. The molecule has 0 bridgehead atoms. The highest BCUT2D eigenvalue weighted by Gasteiger charge is 2.31. The van der Waals surface area contributed by atoms with Crippen molar-refractivity contribution in [2.45, 2.75) is 38.1 Å². The number of rotatable bonds is 7. The van der Waals surface area contributed by atoms with E-state index in [4.69, 9.17) is 5.11 Å². The second kappa shape index (κ2) is 6.85. The highest BCUT2D eigenvalue weighted by molar-refractivity contribution is 7.98. The standard InChI is InChI=1S/C13H22N2O4S2/c1-8(6-7-20-5)15(4)21(18,19)12-9(2)11(13(16)17)14-10(12)3/h8,14H,6-7H2,1-5H3,(H,16,17). The van der Waals surface area contributed by atoms with Crippen molar-refractivity contribution in [3.8, 4) is 0 Å². The normalized spacial score (nSPS) is 13.6. The van der Waals surface area contributed by atoms with E-state index in [1.807, 2.05) is 13.2 Å². The molecule has 1 aromatic rings. The van der Waals surface area contributed by atoms with Crippen LogP contribution in [0.15, 0.2) is 4.90 Å². The fourth-order valence-corrected chi connectivity index (χ4v) is 4.56. The number of sulfonamides is 1. The van der Waals surface area contributed by atoms with Gasteiger partial charge in [-0.05, 0) is 39.2 Å². The first-order chi connectivity index (χ1) is 9.64. The molecule has 0 fully saturated rings. The molecular formula is C13H22N2O4S2. The minimum atomic E-state index is -3.71. The van der Waals surface area contributed by atoms with E-state index < -0.39 is 16.0 Å². The number of carbonyl (C=O) groups is 1. The van der Waals surface area contributed by atoms with Crippen LogP contribution in [0, 0.1) is 13.8 Å². The van der Waals surface area contributed by atoms with Crippen LogP contribution in [0.1, 0.15) is 35.1 Å². The molecule has 1 unspecified atom stereocenters. The Morgan fingerprint density at radius 1 is 1.43 bits per heavy atom. The summed E-state index contributed by atoms with van der Waals surface area (Å²) >= 11 is 1.66. The lowest BCUT2D eigenvalue weighted by Gasteiger charge is -2.24. The van der Waals surface area contributed by atoms with Crippen LogP contribution in [0.4, 0.5) is 0 Å². The number of nitrogens with zero attached hydrogens (tertiary/aromatic N) is 1. The number of aryl methyl sites for hydroxylation is 1. The van der Waals surface area contributed by atoms with Crippen LogP contribution >= 0.6 is 11.8 Å². The van der Waals surface area contributed by atoms with Crippen molar-refractivity contribution in [2.24, 2.45) is 0 Å². The zero-order chi connectivity index (χ0) is 16.4. The van der Waals surface area contributed by atoms with Crippen LogP contribution in [-0.2, 0) is 10.0 Å². The summed E-state index contributed by atoms with van der Waals surface area (Å²) in [6.45, 7) is 4.94. The van der Waals surface area contributed by atoms with Gasteiger partial charge in [0.15, 0.2) is 0 Å². The number of aromatic nitrogens is 1. The summed E-state index contributed by atoms with van der Waals surface area (Å²) in [6, 6.07) is -0.149. The third-order valence-electron chi connectivity index (χ3n) is 3.58. The predicted molar refractivity (Wildman–Crippen MR) is 84.6 cm³/mol. The molecular weight excluding hydrogens is 312 g/mol. The summed E-state index contributed by atoms with van der Waals surface area (Å²) in [7, 11) is -2.18. The summed E-state index contributed by atoms with van der Waals surface area (Å²) in [5.41, 5.74) is 0.536. The minimum absolute atomic E-state index is 0.0680. The molecule has 0 saturated carbocycles. The van der Waals surface area contributed by atoms with Gasteiger partial charge in [-0.25, -0.2) is 13.2 Å². The van der Waals surface area contributed by atoms with E-state index in [-0.39, 0.29) is 22.2 Å². The molecule has 1 rings (SSSR count). The first-order valence-corrected chi connectivity index (χ1v) is 9.37. The number of nitrogens with one attached hydrogen (secondary N) is 1. The smallest absolute Gasteiger partial charge is 0.352 e. The summed E-state index contributed by atoms with van der Waals surface area (Å²) in [5.74, 6) is -0.290. The highest BCUT2D eigenvalue weighted by Crippen LogP contribution is 2.27. The Morgan fingerprint density at radius 2 is 2.00 bits per heavy atom. The van der Waals surface area contributed by atoms with Crippen molar-refractivity contribution in [1.82, 2.24) is 9.29 Å². The third-order valence-corrected chi connectivity index (χ3v) is 6.47. The van der Waals surface area contributed by atoms with Crippen molar-refractivity contribution >= 4 is 27.8 Å². The zero-order valence-electron chi connectivity index (χ0n) is 12.9. The molecule has 0 radical (unpaired) electrons. The van der Waals surface area contributed by atoms with E-state index in [0.717, 1.165) is 12.2 Å². The number of aromatic amines is 1. The molecule has 0 spiro atoms. The number of carboxylic acids is 1. The topological polar surface area (TPSA) is 90.5 Å². The maximum atomic E-state index is 12.7. The lowest BCUT2D eigenvalue weighted by atomic mass is 10.2. The van der Waals surface area contributed by atoms with Crippen LogP contribution in [0.3, 0.4) is 0 Å². The van der Waals surface area contributed by atoms with Gasteiger partial charge >= 0.3 is 5.97 Å². The molecule has 1 atom stereocenters. The van der Waals surface area contributed by atoms with Crippen LogP contribution in [0.25, 0.3) is 0 Å². The number of H-pyrrole nitrogens is 1. The third kappa shape index (κ3) is 3.61. The molecule has 1 heterocycles. The van der Waals surface area contributed by atoms with Crippen molar-refractivity contribution in [1.29, 1.82) is 0 Å². The fourth-order valence-electron chi connectivity index (χ4n) is 2.18. The lowest BCUT2D eigenvalue weighted by molar-refractivity contribution is 0.0690. The molecule has 1 aromatic heterocycles. The minimum Gasteiger partial charge on any atom is -0.477 e. The molecule has 0 aliphatic carbocycles. The summed E-state index contributed by atoms with van der Waals surface area (Å²) in [4.78, 5) is 13.8. The van der Waals surface area contributed by atoms with Gasteiger partial charge in [-0.3, -0.25) is 0 Å². The molecule has 0 saturated heterocycles. The fraction of sp³-hybridized carbons (Fsp3) is 0.615. The Bertz CT molecular complexity index is 622. The van der Waals surface area contributed by atoms with E-state index in [1.165, 1.54) is 18.3 Å². The second-order valence-corrected chi connectivity index (χ2v) is 7.96. The van der Waals surface area contributed by atoms with E-state index in [0.29, 0.717) is 5.69 Å². The van der Waals surface area contributed by atoms with Crippen molar-refractivity contribution in [3.05, 3.63) is 17.0 Å². The molecule has 6 nitrogen and oxygen atoms in total. The first kappa shape index (κ1) is 18.1. The van der Waals surface area contributed by atoms with Crippen LogP contribution < -0.4 is 0 Å². The molecule has 120 valence electrons. The summed E-state index contributed by atoms with van der Waals surface area (Å²) in [6.07, 6.45) is 2.71. The SMILES string of the molecule is CSCCC(C)N(C)S(=O)(=O)c1c(C)[nH]c(C(=O)O)c1C. The monoisotopic (exact) mass is 334 g/mol. The van der Waals surface area contributed by atoms with Crippen molar-refractivity contribution in [2.75, 3.05) is 19.1 Å². The van der Waals surface area contributed by atoms with Gasteiger partial charge in [0.05, 0.1) is 0 Å². The number of thioether (sulfide) groups is 1. The van der Waals surface area contributed by atoms with Crippen molar-refractivity contribution in [3.63, 3.8) is 0 Å². The van der Waals surface area contributed by atoms with E-state index >= 15 is 0 Å². The molecule has 8 heteroatoms. The molecule has 0 aliphatic rings. The van der Waals surface area contributed by atoms with E-state index in [1.54, 1.807) is 18.7 Å². The van der Waals surface area contributed by atoms with Gasteiger partial charge in [-0.2, -0.15) is 16.1 Å².